The lowest BCUT2D eigenvalue weighted by Gasteiger charge is -2.08. The van der Waals surface area contributed by atoms with Gasteiger partial charge < -0.3 is 4.74 Å². The predicted octanol–water partition coefficient (Wildman–Crippen LogP) is 4.06. The van der Waals surface area contributed by atoms with E-state index in [9.17, 15) is 4.79 Å². The minimum absolute atomic E-state index is 0.289. The van der Waals surface area contributed by atoms with Crippen molar-refractivity contribution in [2.45, 2.75) is 6.04 Å². The summed E-state index contributed by atoms with van der Waals surface area (Å²) in [5.41, 5.74) is 17.3. The lowest BCUT2D eigenvalue weighted by molar-refractivity contribution is -0.136. The Morgan fingerprint density at radius 2 is 2.00 bits per heavy atom. The molecule has 1 rings (SSSR count). The highest BCUT2D eigenvalue weighted by Gasteiger charge is 2.13. The average Bonchev–Trinajstić information content (AvgIpc) is 2.46. The van der Waals surface area contributed by atoms with Crippen molar-refractivity contribution in [2.75, 3.05) is 7.11 Å². The fourth-order valence-electron chi connectivity index (χ4n) is 1.36. The number of nitrogens with zero attached hydrogens (tertiary/aromatic N) is 6. The van der Waals surface area contributed by atoms with Gasteiger partial charge in [0.1, 0.15) is 5.70 Å². The number of carbonyl (C=O) groups excluding carboxylic acids is 1. The molecule has 0 radical (unpaired) electrons. The van der Waals surface area contributed by atoms with Gasteiger partial charge in [0.2, 0.25) is 0 Å². The fourth-order valence-corrected chi connectivity index (χ4v) is 1.48. The topological polar surface area (TPSA) is 124 Å². The smallest absolute Gasteiger partial charge is 0.339 e. The molecule has 0 fully saturated rings. The maximum Gasteiger partial charge on any atom is 0.339 e. The lowest BCUT2D eigenvalue weighted by atomic mass is 10.1. The number of benzene rings is 1. The summed E-state index contributed by atoms with van der Waals surface area (Å²) >= 11 is 5.76. The van der Waals surface area contributed by atoms with Crippen molar-refractivity contribution in [3.8, 4) is 0 Å². The fraction of sp³-hybridized carbons (Fsp3) is 0.182. The molecule has 1 atom stereocenters. The summed E-state index contributed by atoms with van der Waals surface area (Å²) in [6.45, 7) is 0. The summed E-state index contributed by atoms with van der Waals surface area (Å²) in [7, 11) is 1.15. The van der Waals surface area contributed by atoms with Crippen LogP contribution in [0.3, 0.4) is 0 Å². The van der Waals surface area contributed by atoms with Crippen molar-refractivity contribution >= 4 is 17.6 Å². The zero-order chi connectivity index (χ0) is 15.0. The van der Waals surface area contributed by atoms with Crippen molar-refractivity contribution in [3.63, 3.8) is 0 Å². The first kappa shape index (κ1) is 15.4. The molecule has 8 nitrogen and oxygen atoms in total. The molecule has 0 N–H and O–H groups in total. The molecule has 102 valence electrons. The third kappa shape index (κ3) is 4.22. The van der Waals surface area contributed by atoms with Crippen molar-refractivity contribution in [3.05, 3.63) is 67.5 Å². The average molecular weight is 293 g/mol. The maximum atomic E-state index is 11.4. The van der Waals surface area contributed by atoms with Crippen molar-refractivity contribution in [1.82, 2.24) is 0 Å². The van der Waals surface area contributed by atoms with Crippen molar-refractivity contribution in [1.29, 1.82) is 0 Å². The van der Waals surface area contributed by atoms with Crippen LogP contribution in [0.1, 0.15) is 11.6 Å². The summed E-state index contributed by atoms with van der Waals surface area (Å²) in [4.78, 5) is 16.6. The molecule has 0 aliphatic carbocycles. The molecule has 0 heterocycles. The Balaban J connectivity index is 3.25. The van der Waals surface area contributed by atoms with Crippen LogP contribution in [0.25, 0.3) is 20.9 Å². The molecule has 0 amide bonds. The van der Waals surface area contributed by atoms with Crippen LogP contribution in [0.4, 0.5) is 0 Å². The van der Waals surface area contributed by atoms with Gasteiger partial charge in [-0.15, -0.1) is 0 Å². The second-order valence-corrected chi connectivity index (χ2v) is 3.87. The van der Waals surface area contributed by atoms with E-state index < -0.39 is 12.0 Å². The Morgan fingerprint density at radius 3 is 2.50 bits per heavy atom. The molecule has 0 saturated heterocycles. The zero-order valence-electron chi connectivity index (χ0n) is 10.3. The van der Waals surface area contributed by atoms with E-state index in [-0.39, 0.29) is 5.70 Å². The van der Waals surface area contributed by atoms with Gasteiger partial charge in [-0.25, -0.2) is 4.79 Å². The molecule has 1 aromatic carbocycles. The van der Waals surface area contributed by atoms with Gasteiger partial charge in [0, 0.05) is 14.8 Å². The van der Waals surface area contributed by atoms with E-state index in [2.05, 4.69) is 24.8 Å². The van der Waals surface area contributed by atoms with Crippen LogP contribution < -0.4 is 0 Å². The van der Waals surface area contributed by atoms with Crippen molar-refractivity contribution in [2.24, 2.45) is 10.2 Å². The molecule has 0 spiro atoms. The first-order chi connectivity index (χ1) is 9.62. The monoisotopic (exact) mass is 292 g/mol. The maximum absolute atomic E-state index is 11.4. The van der Waals surface area contributed by atoms with Crippen LogP contribution in [0, 0.1) is 0 Å². The van der Waals surface area contributed by atoms with Crippen molar-refractivity contribution < 1.29 is 9.53 Å². The lowest BCUT2D eigenvalue weighted by Crippen LogP contribution is -2.04. The van der Waals surface area contributed by atoms with Crippen LogP contribution >= 0.6 is 11.6 Å². The normalized spacial score (nSPS) is 11.8. The zero-order valence-corrected chi connectivity index (χ0v) is 11.1. The molecule has 0 aliphatic heterocycles. The van der Waals surface area contributed by atoms with Crippen LogP contribution in [-0.4, -0.2) is 13.1 Å². The molecule has 0 bridgehead atoms. The van der Waals surface area contributed by atoms with E-state index in [0.717, 1.165) is 7.11 Å². The van der Waals surface area contributed by atoms with E-state index in [1.807, 2.05) is 0 Å². The Kier molecular flexibility index (Phi) is 5.93. The predicted molar refractivity (Wildman–Crippen MR) is 72.6 cm³/mol. The van der Waals surface area contributed by atoms with Gasteiger partial charge in [0.25, 0.3) is 0 Å². The number of methoxy groups -OCH3 is 1. The molecule has 1 aromatic rings. The van der Waals surface area contributed by atoms with E-state index in [1.54, 1.807) is 24.3 Å². The first-order valence-electron chi connectivity index (χ1n) is 5.27. The highest BCUT2D eigenvalue weighted by Crippen LogP contribution is 2.23. The van der Waals surface area contributed by atoms with Crippen LogP contribution in [-0.2, 0) is 9.53 Å². The first-order valence-corrected chi connectivity index (χ1v) is 5.65. The second-order valence-electron chi connectivity index (χ2n) is 3.43. The van der Waals surface area contributed by atoms with Gasteiger partial charge in [-0.05, 0) is 28.8 Å². The number of halogens is 1. The number of esters is 1. The van der Waals surface area contributed by atoms with Gasteiger partial charge in [0.05, 0.1) is 13.2 Å². The molecular weight excluding hydrogens is 284 g/mol. The van der Waals surface area contributed by atoms with Crippen LogP contribution in [0.5, 0.6) is 0 Å². The molecular formula is C11H9ClN6O2. The third-order valence-corrected chi connectivity index (χ3v) is 2.50. The quantitative estimate of drug-likeness (QED) is 0.267. The summed E-state index contributed by atoms with van der Waals surface area (Å²) < 4.78 is 4.47. The Bertz CT molecular complexity index is 614. The number of hydrogen-bond acceptors (Lipinski definition) is 4. The largest absolute Gasteiger partial charge is 0.466 e. The highest BCUT2D eigenvalue weighted by atomic mass is 35.5. The molecule has 20 heavy (non-hydrogen) atoms. The van der Waals surface area contributed by atoms with Gasteiger partial charge in [0.15, 0.2) is 0 Å². The standard InChI is InChI=1S/C11H9ClN6O2/c1-20-11(19)10(16-18-14)6-9(15-17-13)7-2-4-8(12)5-3-7/h2-6,9H,1H3/b10-6-. The Morgan fingerprint density at radius 1 is 1.35 bits per heavy atom. The molecule has 0 aromatic heterocycles. The van der Waals surface area contributed by atoms with Gasteiger partial charge in [-0.2, -0.15) is 0 Å². The minimum atomic E-state index is -0.824. The number of hydrogen-bond donors (Lipinski definition) is 0. The third-order valence-electron chi connectivity index (χ3n) is 2.25. The SMILES string of the molecule is COC(=O)/C(=C/C(N=[N+]=[N-])c1ccc(Cl)cc1)N=[N+]=[N-]. The molecule has 0 saturated carbocycles. The minimum Gasteiger partial charge on any atom is -0.466 e. The number of ether oxygens (including phenoxy) is 1. The summed E-state index contributed by atoms with van der Waals surface area (Å²) in [6.07, 6.45) is 1.22. The number of azide groups is 2. The van der Waals surface area contributed by atoms with Gasteiger partial charge >= 0.3 is 5.97 Å². The molecule has 1 unspecified atom stereocenters. The molecule has 0 aliphatic rings. The summed E-state index contributed by atoms with van der Waals surface area (Å²) in [6, 6.07) is 5.65. The summed E-state index contributed by atoms with van der Waals surface area (Å²) in [5.74, 6) is -0.824. The second kappa shape index (κ2) is 7.70. The van der Waals surface area contributed by atoms with Gasteiger partial charge in [-0.3, -0.25) is 0 Å². The molecule has 9 heteroatoms. The van der Waals surface area contributed by atoms with E-state index >= 15 is 0 Å². The number of carbonyl (C=O) groups is 1. The summed E-state index contributed by atoms with van der Waals surface area (Å²) in [5, 5.41) is 7.27. The van der Waals surface area contributed by atoms with Crippen LogP contribution in [0.2, 0.25) is 5.02 Å². The number of rotatable bonds is 5. The van der Waals surface area contributed by atoms with Gasteiger partial charge in [-0.1, -0.05) is 40.0 Å². The van der Waals surface area contributed by atoms with E-state index in [4.69, 9.17) is 22.7 Å². The highest BCUT2D eigenvalue weighted by molar-refractivity contribution is 6.30. The Hall–Kier alpha value is -2.66. The van der Waals surface area contributed by atoms with E-state index in [1.165, 1.54) is 6.08 Å². The van der Waals surface area contributed by atoms with Crippen LogP contribution in [0.15, 0.2) is 46.3 Å². The van der Waals surface area contributed by atoms with E-state index in [0.29, 0.717) is 10.6 Å². The Labute approximate surface area is 118 Å².